The molecule has 0 radical (unpaired) electrons. The van der Waals surface area contributed by atoms with E-state index in [-0.39, 0.29) is 22.7 Å². The number of imidazole rings is 1. The average molecular weight is 388 g/mol. The summed E-state index contributed by atoms with van der Waals surface area (Å²) in [6.45, 7) is 0.523. The summed E-state index contributed by atoms with van der Waals surface area (Å²) in [6, 6.07) is 13.1. The second kappa shape index (κ2) is 7.37. The van der Waals surface area contributed by atoms with Gasteiger partial charge in [-0.3, -0.25) is 9.36 Å². The second-order valence-electron chi connectivity index (χ2n) is 6.17. The lowest BCUT2D eigenvalue weighted by atomic mass is 10.2. The molecule has 8 nitrogen and oxygen atoms in total. The molecule has 2 N–H and O–H groups in total. The van der Waals surface area contributed by atoms with Crippen molar-refractivity contribution in [1.29, 1.82) is 0 Å². The van der Waals surface area contributed by atoms with Crippen molar-refractivity contribution in [2.75, 3.05) is 20.6 Å². The lowest BCUT2D eigenvalue weighted by Crippen LogP contribution is -2.30. The molecular weight excluding hydrogens is 368 g/mol. The number of benzene rings is 2. The van der Waals surface area contributed by atoms with Crippen molar-refractivity contribution in [3.8, 4) is 0 Å². The molecule has 9 heteroatoms. The number of hydrogen-bond acceptors (Lipinski definition) is 4. The van der Waals surface area contributed by atoms with Gasteiger partial charge in [-0.05, 0) is 30.3 Å². The van der Waals surface area contributed by atoms with Crippen LogP contribution in [0.2, 0.25) is 0 Å². The minimum absolute atomic E-state index is 0.0491. The van der Waals surface area contributed by atoms with Crippen molar-refractivity contribution in [2.24, 2.45) is 0 Å². The molecule has 0 saturated heterocycles. The second-order valence-corrected chi connectivity index (χ2v) is 8.32. The van der Waals surface area contributed by atoms with Gasteiger partial charge < -0.3 is 10.3 Å². The lowest BCUT2D eigenvalue weighted by Gasteiger charge is -2.12. The molecular formula is C18H20N4O4S. The van der Waals surface area contributed by atoms with Crippen LogP contribution in [0.1, 0.15) is 10.4 Å². The molecule has 3 aromatic rings. The molecule has 1 aromatic heterocycles. The van der Waals surface area contributed by atoms with E-state index < -0.39 is 15.9 Å². The van der Waals surface area contributed by atoms with Crippen LogP contribution >= 0.6 is 0 Å². The number of carbonyl (C=O) groups is 1. The summed E-state index contributed by atoms with van der Waals surface area (Å²) >= 11 is 0. The predicted octanol–water partition coefficient (Wildman–Crippen LogP) is 1.01. The normalized spacial score (nSPS) is 11.8. The molecule has 0 spiro atoms. The summed E-state index contributed by atoms with van der Waals surface area (Å²) in [7, 11) is -0.752. The first-order valence-electron chi connectivity index (χ1n) is 8.29. The Balaban J connectivity index is 1.71. The number of rotatable bonds is 6. The number of fused-ring (bicyclic) bond motifs is 1. The minimum atomic E-state index is -3.62. The van der Waals surface area contributed by atoms with Crippen molar-refractivity contribution in [3.63, 3.8) is 0 Å². The number of para-hydroxylation sites is 2. The monoisotopic (exact) mass is 388 g/mol. The third-order valence-electron chi connectivity index (χ3n) is 4.18. The maximum atomic E-state index is 12.4. The van der Waals surface area contributed by atoms with Gasteiger partial charge in [-0.15, -0.1) is 0 Å². The van der Waals surface area contributed by atoms with Crippen LogP contribution in [0.5, 0.6) is 0 Å². The van der Waals surface area contributed by atoms with Gasteiger partial charge in [0.25, 0.3) is 5.91 Å². The zero-order valence-electron chi connectivity index (χ0n) is 15.0. The highest BCUT2D eigenvalue weighted by Crippen LogP contribution is 2.15. The quantitative estimate of drug-likeness (QED) is 0.658. The van der Waals surface area contributed by atoms with Gasteiger partial charge in [0.05, 0.1) is 15.9 Å². The fourth-order valence-electron chi connectivity index (χ4n) is 2.72. The first-order valence-corrected chi connectivity index (χ1v) is 9.73. The first kappa shape index (κ1) is 18.9. The first-order chi connectivity index (χ1) is 12.8. The van der Waals surface area contributed by atoms with Crippen LogP contribution in [0.15, 0.2) is 58.2 Å². The summed E-state index contributed by atoms with van der Waals surface area (Å²) in [6.07, 6.45) is 0. The molecule has 0 aliphatic carbocycles. The van der Waals surface area contributed by atoms with Crippen molar-refractivity contribution in [1.82, 2.24) is 19.2 Å². The van der Waals surface area contributed by atoms with Crippen LogP contribution in [-0.4, -0.2) is 48.8 Å². The Morgan fingerprint density at radius 1 is 1.15 bits per heavy atom. The molecule has 3 rings (SSSR count). The Hall–Kier alpha value is -2.91. The fraction of sp³-hybridized carbons (Fsp3) is 0.222. The summed E-state index contributed by atoms with van der Waals surface area (Å²) < 4.78 is 27.0. The number of amides is 1. The van der Waals surface area contributed by atoms with Crippen LogP contribution in [0.4, 0.5) is 0 Å². The SMILES string of the molecule is CN(C)S(=O)(=O)c1cccc(C(=O)NCCn2c(=O)[nH]c3ccccc32)c1. The average Bonchev–Trinajstić information content (AvgIpc) is 2.97. The summed E-state index contributed by atoms with van der Waals surface area (Å²) in [5.41, 5.74) is 1.49. The lowest BCUT2D eigenvalue weighted by molar-refractivity contribution is 0.0952. The Morgan fingerprint density at radius 2 is 1.89 bits per heavy atom. The zero-order valence-corrected chi connectivity index (χ0v) is 15.8. The van der Waals surface area contributed by atoms with Crippen molar-refractivity contribution in [2.45, 2.75) is 11.4 Å². The number of nitrogens with one attached hydrogen (secondary N) is 2. The van der Waals surface area contributed by atoms with Gasteiger partial charge in [0.1, 0.15) is 0 Å². The number of H-pyrrole nitrogens is 1. The molecule has 27 heavy (non-hydrogen) atoms. The van der Waals surface area contributed by atoms with E-state index in [0.717, 1.165) is 15.3 Å². The van der Waals surface area contributed by atoms with Gasteiger partial charge in [0.2, 0.25) is 10.0 Å². The third kappa shape index (κ3) is 3.79. The number of aromatic amines is 1. The van der Waals surface area contributed by atoms with Crippen LogP contribution in [0.25, 0.3) is 11.0 Å². The van der Waals surface area contributed by atoms with E-state index in [9.17, 15) is 18.0 Å². The van der Waals surface area contributed by atoms with Crippen LogP contribution in [-0.2, 0) is 16.6 Å². The summed E-state index contributed by atoms with van der Waals surface area (Å²) in [4.78, 5) is 27.2. The fourth-order valence-corrected chi connectivity index (χ4v) is 3.67. The highest BCUT2D eigenvalue weighted by molar-refractivity contribution is 7.89. The van der Waals surface area contributed by atoms with Gasteiger partial charge in [0, 0.05) is 32.7 Å². The summed E-state index contributed by atoms with van der Waals surface area (Å²) in [5, 5.41) is 2.72. The molecule has 0 atom stereocenters. The van der Waals surface area contributed by atoms with Gasteiger partial charge in [0.15, 0.2) is 0 Å². The Kier molecular flexibility index (Phi) is 5.15. The standard InChI is InChI=1S/C18H20N4O4S/c1-21(2)27(25,26)14-7-5-6-13(12-14)17(23)19-10-11-22-16-9-4-3-8-15(16)20-18(22)24/h3-9,12H,10-11H2,1-2H3,(H,19,23)(H,20,24). The highest BCUT2D eigenvalue weighted by atomic mass is 32.2. The molecule has 1 amide bonds. The van der Waals surface area contributed by atoms with E-state index in [4.69, 9.17) is 0 Å². The maximum absolute atomic E-state index is 12.4. The summed E-state index contributed by atoms with van der Waals surface area (Å²) in [5.74, 6) is -0.404. The smallest absolute Gasteiger partial charge is 0.326 e. The van der Waals surface area contributed by atoms with E-state index in [0.29, 0.717) is 6.54 Å². The molecule has 0 fully saturated rings. The number of aromatic nitrogens is 2. The Labute approximate surface area is 156 Å². The zero-order chi connectivity index (χ0) is 19.6. The maximum Gasteiger partial charge on any atom is 0.326 e. The van der Waals surface area contributed by atoms with Crippen molar-refractivity contribution >= 4 is 27.0 Å². The predicted molar refractivity (Wildman–Crippen MR) is 102 cm³/mol. The molecule has 0 aliphatic heterocycles. The van der Waals surface area contributed by atoms with E-state index in [1.54, 1.807) is 10.6 Å². The molecule has 0 aliphatic rings. The number of nitrogens with zero attached hydrogens (tertiary/aromatic N) is 2. The highest BCUT2D eigenvalue weighted by Gasteiger charge is 2.18. The molecule has 0 unspecified atom stereocenters. The van der Waals surface area contributed by atoms with E-state index in [1.807, 2.05) is 24.3 Å². The van der Waals surface area contributed by atoms with Gasteiger partial charge >= 0.3 is 5.69 Å². The third-order valence-corrected chi connectivity index (χ3v) is 5.99. The van der Waals surface area contributed by atoms with E-state index >= 15 is 0 Å². The van der Waals surface area contributed by atoms with Crippen LogP contribution in [0, 0.1) is 0 Å². The van der Waals surface area contributed by atoms with Crippen molar-refractivity contribution < 1.29 is 13.2 Å². The molecule has 2 aromatic carbocycles. The largest absolute Gasteiger partial charge is 0.350 e. The van der Waals surface area contributed by atoms with Crippen molar-refractivity contribution in [3.05, 3.63) is 64.6 Å². The molecule has 1 heterocycles. The van der Waals surface area contributed by atoms with E-state index in [1.165, 1.54) is 32.3 Å². The number of sulfonamides is 1. The molecule has 142 valence electrons. The van der Waals surface area contributed by atoms with E-state index in [2.05, 4.69) is 10.3 Å². The van der Waals surface area contributed by atoms with Gasteiger partial charge in [-0.25, -0.2) is 17.5 Å². The topological polar surface area (TPSA) is 104 Å². The van der Waals surface area contributed by atoms with Gasteiger partial charge in [-0.1, -0.05) is 18.2 Å². The Bertz CT molecular complexity index is 1150. The van der Waals surface area contributed by atoms with Crippen LogP contribution in [0.3, 0.4) is 0 Å². The number of carbonyl (C=O) groups excluding carboxylic acids is 1. The number of hydrogen-bond donors (Lipinski definition) is 2. The Morgan fingerprint density at radius 3 is 2.63 bits per heavy atom. The molecule has 0 saturated carbocycles. The minimum Gasteiger partial charge on any atom is -0.350 e. The van der Waals surface area contributed by atoms with Gasteiger partial charge in [-0.2, -0.15) is 0 Å². The van der Waals surface area contributed by atoms with Crippen LogP contribution < -0.4 is 11.0 Å². The molecule has 0 bridgehead atoms.